The number of fused-ring (bicyclic) bond motifs is 2. The number of aliphatic imine (C=N–C) groups is 1. The standard InChI is InChI=1S/C44H52N8O6.C37H41N7O3.C8H14O4/c1-25(2)38(49-43(55)57-5)41(53)51-19-7-9-36(51)34-22-31(23-45-34)28-13-11-27(12-14-28)29-15-17-32-30(21-29)16-18-33(47-32)35-24-46-40(48-35)37-10-8-20-52(37)42(54)39(26(3)4)50-44(56)58-6;1-22(2)33(43-37(46)47-3)36(45)44-18-6-9-32(44)35-39-20-30(41-35)24-12-10-23(11-13-24)26-14-16-28-27(19-26)15-17-29(40-28)31-21-38-34(42-31)25-7-4-5-8-25;1-5(2)6(8(10)11)4-7(9)12-3/h11-18,21,23-26,36-39H,7-10,19-20,22H2,1-6H3,(H,46,48)(H,49,55)(H,50,56);10-17,19-22,25,32-33H,4-9,18H2,1-3H3,(H,38,42)(H,39,41)(H,43,46);5-6H,4H2,1-3H3,(H,10,11)/t36-,37-,38-,39-;32-,33-;6-/m000/s1. The SMILES string of the molecule is COC(=O)C[C@H](C(=O)O)C(C)C.COC(=O)N[C@H](C(=O)N1CCC[C@H]1C1=NC=C(c2ccc(-c3ccc4nc(-c5cnc([C@@H]6CCCN6C(=O)[C@@H](NC(=O)OC)C(C)C)[nH]5)ccc4c3)cc2)C1)C(C)C.COC(=O)N[C@H](C(=O)N1CCC[C@H]1c1ncc(-c2ccc(-c3ccc4nc(-c5cnc(C6CCCC6)[nH]5)ccc4c3)cc2)[nH]1)C(C)C. The third-order valence-corrected chi connectivity index (χ3v) is 22.9. The van der Waals surface area contributed by atoms with Gasteiger partial charge in [-0.05, 0) is 150 Å². The Hall–Kier alpha value is -12.1. The molecule has 0 unspecified atom stereocenters. The number of aliphatic carboxylic acids is 1. The smallest absolute Gasteiger partial charge is 0.407 e. The second-order valence-electron chi connectivity index (χ2n) is 32.0. The van der Waals surface area contributed by atoms with Crippen molar-refractivity contribution in [1.29, 1.82) is 0 Å². The van der Waals surface area contributed by atoms with Crippen molar-refractivity contribution in [3.8, 4) is 56.3 Å². The van der Waals surface area contributed by atoms with Gasteiger partial charge in [-0.3, -0.25) is 29.0 Å². The van der Waals surface area contributed by atoms with E-state index in [1.54, 1.807) is 24.9 Å². The van der Waals surface area contributed by atoms with Gasteiger partial charge in [0.05, 0.1) is 117 Å². The summed E-state index contributed by atoms with van der Waals surface area (Å²) in [6, 6.07) is 35.2. The molecular formula is C89H107N15O13. The van der Waals surface area contributed by atoms with E-state index in [1.807, 2.05) is 82.1 Å². The molecular weight excluding hydrogens is 1490 g/mol. The number of pyridine rings is 2. The van der Waals surface area contributed by atoms with Crippen molar-refractivity contribution >= 4 is 81.0 Å². The van der Waals surface area contributed by atoms with Gasteiger partial charge in [0.2, 0.25) is 17.7 Å². The number of esters is 1. The van der Waals surface area contributed by atoms with Crippen LogP contribution >= 0.6 is 0 Å². The molecule has 7 atom stereocenters. The molecule has 28 heteroatoms. The number of carbonyl (C=O) groups excluding carboxylic acids is 7. The van der Waals surface area contributed by atoms with Crippen LogP contribution < -0.4 is 16.0 Å². The number of carboxylic acids is 1. The van der Waals surface area contributed by atoms with E-state index in [0.717, 1.165) is 145 Å². The number of amides is 6. The first-order valence-electron chi connectivity index (χ1n) is 40.5. The molecule has 1 saturated carbocycles. The number of nitrogens with zero attached hydrogens (tertiary/aromatic N) is 9. The molecule has 7 N–H and O–H groups in total. The number of hydrogen-bond donors (Lipinski definition) is 7. The number of aromatic nitrogens is 8. The molecule has 3 saturated heterocycles. The van der Waals surface area contributed by atoms with Crippen LogP contribution in [0, 0.1) is 29.6 Å². The number of likely N-dealkylation sites (tertiary alicyclic amines) is 3. The zero-order valence-corrected chi connectivity index (χ0v) is 68.6. The second kappa shape index (κ2) is 38.1. The van der Waals surface area contributed by atoms with E-state index in [9.17, 15) is 38.4 Å². The van der Waals surface area contributed by atoms with E-state index >= 15 is 0 Å². The minimum absolute atomic E-state index is 0.0521. The van der Waals surface area contributed by atoms with Crippen LogP contribution in [0.2, 0.25) is 0 Å². The molecule has 616 valence electrons. The topological polar surface area (TPSA) is 364 Å². The van der Waals surface area contributed by atoms with Gasteiger partial charge in [0.1, 0.15) is 35.6 Å². The monoisotopic (exact) mass is 1590 g/mol. The lowest BCUT2D eigenvalue weighted by atomic mass is 9.93. The van der Waals surface area contributed by atoms with Crippen LogP contribution in [0.1, 0.15) is 173 Å². The second-order valence-corrected chi connectivity index (χ2v) is 32.0. The van der Waals surface area contributed by atoms with Gasteiger partial charge in [-0.1, -0.05) is 141 Å². The number of nitrogens with one attached hydrogen (secondary N) is 6. The fourth-order valence-electron chi connectivity index (χ4n) is 16.1. The molecule has 4 aliphatic heterocycles. The van der Waals surface area contributed by atoms with Crippen LogP contribution in [0.15, 0.2) is 139 Å². The normalized spacial score (nSPS) is 17.7. The quantitative estimate of drug-likeness (QED) is 0.0231. The van der Waals surface area contributed by atoms with Gasteiger partial charge in [0.15, 0.2) is 0 Å². The molecule has 0 radical (unpaired) electrons. The highest BCUT2D eigenvalue weighted by atomic mass is 16.5. The Balaban J connectivity index is 0.000000192. The van der Waals surface area contributed by atoms with E-state index in [0.29, 0.717) is 37.8 Å². The molecule has 6 amide bonds. The fraction of sp³-hybridized carbons (Fsp3) is 0.438. The summed E-state index contributed by atoms with van der Waals surface area (Å²) in [4.78, 5) is 142. The highest BCUT2D eigenvalue weighted by Crippen LogP contribution is 2.39. The summed E-state index contributed by atoms with van der Waals surface area (Å²) in [5.74, 6) is 0.304. The number of ether oxygens (including phenoxy) is 4. The summed E-state index contributed by atoms with van der Waals surface area (Å²) in [5.41, 5.74) is 14.6. The van der Waals surface area contributed by atoms with Crippen LogP contribution in [0.4, 0.5) is 14.4 Å². The Kier molecular flexibility index (Phi) is 27.5. The summed E-state index contributed by atoms with van der Waals surface area (Å²) in [6.45, 7) is 16.8. The summed E-state index contributed by atoms with van der Waals surface area (Å²) in [7, 11) is 5.14. The first-order valence-corrected chi connectivity index (χ1v) is 40.5. The van der Waals surface area contributed by atoms with Crippen molar-refractivity contribution in [3.05, 3.63) is 157 Å². The third-order valence-electron chi connectivity index (χ3n) is 22.9. The zero-order valence-electron chi connectivity index (χ0n) is 68.6. The predicted molar refractivity (Wildman–Crippen MR) is 446 cm³/mol. The van der Waals surface area contributed by atoms with Crippen molar-refractivity contribution < 1.29 is 62.4 Å². The van der Waals surface area contributed by atoms with Gasteiger partial charge in [-0.15, -0.1) is 0 Å². The summed E-state index contributed by atoms with van der Waals surface area (Å²) in [5, 5.41) is 18.9. The van der Waals surface area contributed by atoms with Crippen molar-refractivity contribution in [2.45, 2.75) is 175 Å². The molecule has 1 aliphatic carbocycles. The number of methoxy groups -OCH3 is 4. The minimum atomic E-state index is -0.949. The average molecular weight is 1590 g/mol. The molecule has 14 rings (SSSR count). The highest BCUT2D eigenvalue weighted by molar-refractivity contribution is 6.04. The number of H-pyrrole nitrogens is 3. The van der Waals surface area contributed by atoms with Crippen molar-refractivity contribution in [1.82, 2.24) is 70.5 Å². The van der Waals surface area contributed by atoms with Crippen molar-refractivity contribution in [2.24, 2.45) is 34.6 Å². The molecule has 117 heavy (non-hydrogen) atoms. The summed E-state index contributed by atoms with van der Waals surface area (Å²) in [6.07, 6.45) is 16.2. The van der Waals surface area contributed by atoms with E-state index in [-0.39, 0.29) is 65.9 Å². The van der Waals surface area contributed by atoms with Gasteiger partial charge in [-0.25, -0.2) is 39.3 Å². The Bertz CT molecular complexity index is 5120. The first kappa shape index (κ1) is 84.3. The van der Waals surface area contributed by atoms with Crippen molar-refractivity contribution in [3.63, 3.8) is 0 Å². The number of benzene rings is 4. The number of aromatic amines is 3. The molecule has 5 aromatic heterocycles. The van der Waals surface area contributed by atoms with Crippen LogP contribution in [0.5, 0.6) is 0 Å². The van der Waals surface area contributed by atoms with Crippen LogP contribution in [0.3, 0.4) is 0 Å². The number of carboxylic acid groups (broad SMARTS) is 1. The molecule has 9 heterocycles. The lowest BCUT2D eigenvalue weighted by molar-refractivity contribution is -0.151. The van der Waals surface area contributed by atoms with Gasteiger partial charge >= 0.3 is 30.2 Å². The Labute approximate surface area is 681 Å². The van der Waals surface area contributed by atoms with E-state index < -0.39 is 54.3 Å². The largest absolute Gasteiger partial charge is 0.481 e. The lowest BCUT2D eigenvalue weighted by Gasteiger charge is -2.31. The number of hydrogen-bond acceptors (Lipinski definition) is 18. The number of carbonyl (C=O) groups is 8. The lowest BCUT2D eigenvalue weighted by Crippen LogP contribution is -2.53. The maximum atomic E-state index is 13.6. The van der Waals surface area contributed by atoms with Crippen LogP contribution in [-0.2, 0) is 42.9 Å². The van der Waals surface area contributed by atoms with Gasteiger partial charge in [-0.2, -0.15) is 0 Å². The molecule has 28 nitrogen and oxygen atoms in total. The Morgan fingerprint density at radius 3 is 1.26 bits per heavy atom. The molecule has 5 aliphatic rings. The summed E-state index contributed by atoms with van der Waals surface area (Å²) < 4.78 is 18.7. The van der Waals surface area contributed by atoms with Gasteiger partial charge < -0.3 is 69.7 Å². The number of allylic oxidation sites excluding steroid dienone is 1. The summed E-state index contributed by atoms with van der Waals surface area (Å²) >= 11 is 0. The third kappa shape index (κ3) is 19.9. The number of imidazole rings is 3. The minimum Gasteiger partial charge on any atom is -0.481 e. The van der Waals surface area contributed by atoms with Gasteiger partial charge in [0, 0.05) is 54.7 Å². The Morgan fingerprint density at radius 1 is 0.444 bits per heavy atom. The fourth-order valence-corrected chi connectivity index (χ4v) is 16.1. The maximum absolute atomic E-state index is 13.6. The molecule has 9 aromatic rings. The maximum Gasteiger partial charge on any atom is 0.407 e. The van der Waals surface area contributed by atoms with Crippen molar-refractivity contribution in [2.75, 3.05) is 48.1 Å². The molecule has 4 aromatic carbocycles. The predicted octanol–water partition coefficient (Wildman–Crippen LogP) is 15.2. The first-order chi connectivity index (χ1) is 56.3. The molecule has 0 spiro atoms. The Morgan fingerprint density at radius 2 is 0.838 bits per heavy atom. The molecule has 0 bridgehead atoms. The van der Waals surface area contributed by atoms with E-state index in [4.69, 9.17) is 34.3 Å². The van der Waals surface area contributed by atoms with E-state index in [2.05, 4.69) is 148 Å². The highest BCUT2D eigenvalue weighted by Gasteiger charge is 2.42. The number of rotatable bonds is 23. The van der Waals surface area contributed by atoms with Crippen LogP contribution in [-0.4, -0.2) is 186 Å². The zero-order chi connectivity index (χ0) is 83.3. The number of alkyl carbamates (subject to hydrolysis) is 3. The van der Waals surface area contributed by atoms with Crippen LogP contribution in [0.25, 0.3) is 83.7 Å². The van der Waals surface area contributed by atoms with E-state index in [1.165, 1.54) is 54.1 Å². The molecule has 4 fully saturated rings. The van der Waals surface area contributed by atoms with Gasteiger partial charge in [0.25, 0.3) is 0 Å². The average Bonchev–Trinajstić information content (AvgIpc) is 1.70.